The predicted molar refractivity (Wildman–Crippen MR) is 112 cm³/mol. The fraction of sp³-hybridized carbons (Fsp3) is 0.261. The minimum absolute atomic E-state index is 0.178. The predicted octanol–water partition coefficient (Wildman–Crippen LogP) is 4.18. The van der Waals surface area contributed by atoms with Crippen LogP contribution >= 0.6 is 0 Å². The minimum atomic E-state index is -0.178. The first kappa shape index (κ1) is 20.2. The number of hydrazone groups is 1. The number of aromatic nitrogens is 1. The second-order valence-electron chi connectivity index (χ2n) is 7.19. The topological polar surface area (TPSA) is 83.3 Å². The van der Waals surface area contributed by atoms with Crippen molar-refractivity contribution in [2.75, 3.05) is 0 Å². The maximum Gasteiger partial charge on any atom is 0.244 e. The molecule has 0 fully saturated rings. The summed E-state index contributed by atoms with van der Waals surface area (Å²) >= 11 is 0. The van der Waals surface area contributed by atoms with E-state index in [0.717, 1.165) is 39.4 Å². The quantitative estimate of drug-likeness (QED) is 0.526. The average Bonchev–Trinajstić information content (AvgIpc) is 3.12. The molecule has 1 amide bonds. The van der Waals surface area contributed by atoms with E-state index in [2.05, 4.69) is 16.6 Å². The van der Waals surface area contributed by atoms with E-state index in [1.54, 1.807) is 6.21 Å². The first-order chi connectivity index (χ1) is 13.8. The van der Waals surface area contributed by atoms with Crippen LogP contribution in [0.15, 0.2) is 39.9 Å². The molecule has 3 aromatic rings. The maximum atomic E-state index is 12.1. The molecule has 0 saturated heterocycles. The molecular formula is C23H24N4O2. The fourth-order valence-corrected chi connectivity index (χ4v) is 3.23. The van der Waals surface area contributed by atoms with E-state index >= 15 is 0 Å². The molecule has 2 aromatic heterocycles. The van der Waals surface area contributed by atoms with Gasteiger partial charge in [0.25, 0.3) is 0 Å². The zero-order valence-electron chi connectivity index (χ0n) is 17.3. The van der Waals surface area contributed by atoms with Crippen LogP contribution in [0, 0.1) is 45.9 Å². The van der Waals surface area contributed by atoms with E-state index in [1.807, 2.05) is 69.5 Å². The van der Waals surface area contributed by atoms with Crippen molar-refractivity contribution in [3.63, 3.8) is 0 Å². The lowest BCUT2D eigenvalue weighted by molar-refractivity contribution is -0.120. The average molecular weight is 388 g/mol. The van der Waals surface area contributed by atoms with Gasteiger partial charge in [0.1, 0.15) is 17.4 Å². The van der Waals surface area contributed by atoms with Crippen molar-refractivity contribution in [3.05, 3.63) is 75.3 Å². The number of carbonyl (C=O) groups excluding carboxylic acids is 1. The highest BCUT2D eigenvalue weighted by molar-refractivity contribution is 5.84. The number of benzene rings is 1. The maximum absolute atomic E-state index is 12.1. The Labute approximate surface area is 170 Å². The lowest BCUT2D eigenvalue weighted by Gasteiger charge is -2.06. The molecule has 1 aromatic carbocycles. The molecule has 0 aliphatic rings. The summed E-state index contributed by atoms with van der Waals surface area (Å²) in [5.41, 5.74) is 8.67. The van der Waals surface area contributed by atoms with Crippen LogP contribution in [-0.4, -0.2) is 16.7 Å². The third kappa shape index (κ3) is 4.14. The molecule has 148 valence electrons. The van der Waals surface area contributed by atoms with Crippen LogP contribution in [0.5, 0.6) is 0 Å². The molecule has 0 atom stereocenters. The van der Waals surface area contributed by atoms with Crippen LogP contribution in [0.25, 0.3) is 5.88 Å². The SMILES string of the molecule is Cc1ccc(CC(=O)N/N=C/c2cc(C)n(-c3oc(C)c(C)c3C#N)c2C)cc1. The molecule has 6 heteroatoms. The highest BCUT2D eigenvalue weighted by Crippen LogP contribution is 2.28. The molecular weight excluding hydrogens is 364 g/mol. The van der Waals surface area contributed by atoms with E-state index in [1.165, 1.54) is 0 Å². The largest absolute Gasteiger partial charge is 0.443 e. The molecule has 0 saturated carbocycles. The Morgan fingerprint density at radius 1 is 1.21 bits per heavy atom. The molecule has 0 bridgehead atoms. The van der Waals surface area contributed by atoms with Crippen LogP contribution in [-0.2, 0) is 11.2 Å². The molecule has 29 heavy (non-hydrogen) atoms. The molecule has 0 spiro atoms. The Hall–Kier alpha value is -3.59. The summed E-state index contributed by atoms with van der Waals surface area (Å²) in [7, 11) is 0. The number of nitrogens with zero attached hydrogens (tertiary/aromatic N) is 3. The van der Waals surface area contributed by atoms with Crippen molar-refractivity contribution >= 4 is 12.1 Å². The van der Waals surface area contributed by atoms with Gasteiger partial charge >= 0.3 is 0 Å². The molecule has 0 unspecified atom stereocenters. The summed E-state index contributed by atoms with van der Waals surface area (Å²) < 4.78 is 7.74. The van der Waals surface area contributed by atoms with Crippen LogP contribution in [0.1, 0.15) is 45.0 Å². The van der Waals surface area contributed by atoms with Gasteiger partial charge in [-0.3, -0.25) is 9.36 Å². The fourth-order valence-electron chi connectivity index (χ4n) is 3.23. The summed E-state index contributed by atoms with van der Waals surface area (Å²) in [6, 6.07) is 12.0. The van der Waals surface area contributed by atoms with Gasteiger partial charge in [-0.05, 0) is 46.2 Å². The van der Waals surface area contributed by atoms with Gasteiger partial charge < -0.3 is 4.42 Å². The monoisotopic (exact) mass is 388 g/mol. The zero-order valence-corrected chi connectivity index (χ0v) is 17.3. The number of amides is 1. The Balaban J connectivity index is 1.77. The van der Waals surface area contributed by atoms with Gasteiger partial charge in [-0.25, -0.2) is 5.43 Å². The first-order valence-electron chi connectivity index (χ1n) is 9.38. The highest BCUT2D eigenvalue weighted by atomic mass is 16.4. The number of nitrogens with one attached hydrogen (secondary N) is 1. The van der Waals surface area contributed by atoms with Crippen LogP contribution in [0.4, 0.5) is 0 Å². The van der Waals surface area contributed by atoms with Gasteiger partial charge in [-0.15, -0.1) is 0 Å². The minimum Gasteiger partial charge on any atom is -0.443 e. The second-order valence-corrected chi connectivity index (χ2v) is 7.19. The lowest BCUT2D eigenvalue weighted by atomic mass is 10.1. The Kier molecular flexibility index (Phi) is 5.69. The molecule has 0 aliphatic heterocycles. The van der Waals surface area contributed by atoms with Gasteiger partial charge in [-0.1, -0.05) is 29.8 Å². The van der Waals surface area contributed by atoms with Crippen molar-refractivity contribution in [3.8, 4) is 12.0 Å². The summed E-state index contributed by atoms with van der Waals surface area (Å²) in [5, 5.41) is 13.6. The van der Waals surface area contributed by atoms with Crippen LogP contribution in [0.2, 0.25) is 0 Å². The number of aryl methyl sites for hydroxylation is 3. The number of furan rings is 1. The molecule has 3 rings (SSSR count). The number of carbonyl (C=O) groups is 1. The van der Waals surface area contributed by atoms with E-state index < -0.39 is 0 Å². The van der Waals surface area contributed by atoms with E-state index in [4.69, 9.17) is 4.42 Å². The zero-order chi connectivity index (χ0) is 21.1. The molecule has 0 aliphatic carbocycles. The van der Waals surface area contributed by atoms with Crippen molar-refractivity contribution < 1.29 is 9.21 Å². The standard InChI is InChI=1S/C23H24N4O2/c1-14-6-8-19(9-7-14)11-22(28)26-25-13-20-10-15(2)27(17(20)4)23-21(12-24)16(3)18(5)29-23/h6-10,13H,11H2,1-5H3,(H,26,28)/b25-13+. The van der Waals surface area contributed by atoms with Gasteiger partial charge in [0.2, 0.25) is 11.8 Å². The molecule has 6 nitrogen and oxygen atoms in total. The van der Waals surface area contributed by atoms with Gasteiger partial charge in [0, 0.05) is 22.5 Å². The highest BCUT2D eigenvalue weighted by Gasteiger charge is 2.20. The van der Waals surface area contributed by atoms with Crippen molar-refractivity contribution in [1.82, 2.24) is 9.99 Å². The van der Waals surface area contributed by atoms with E-state index in [9.17, 15) is 10.1 Å². The second kappa shape index (κ2) is 8.19. The summed E-state index contributed by atoms with van der Waals surface area (Å²) in [6.45, 7) is 9.60. The first-order valence-corrected chi connectivity index (χ1v) is 9.38. The third-order valence-electron chi connectivity index (χ3n) is 5.03. The summed E-state index contributed by atoms with van der Waals surface area (Å²) in [6.07, 6.45) is 1.88. The van der Waals surface area contributed by atoms with Gasteiger partial charge in [-0.2, -0.15) is 10.4 Å². The Morgan fingerprint density at radius 3 is 2.55 bits per heavy atom. The van der Waals surface area contributed by atoms with Gasteiger partial charge in [0.05, 0.1) is 12.6 Å². The number of nitriles is 1. The normalized spacial score (nSPS) is 11.0. The smallest absolute Gasteiger partial charge is 0.244 e. The molecule has 2 heterocycles. The lowest BCUT2D eigenvalue weighted by Crippen LogP contribution is -2.19. The number of rotatable bonds is 5. The summed E-state index contributed by atoms with van der Waals surface area (Å²) in [5.74, 6) is 1.06. The Bertz CT molecular complexity index is 1130. The Morgan fingerprint density at radius 2 is 1.90 bits per heavy atom. The van der Waals surface area contributed by atoms with Gasteiger partial charge in [0.15, 0.2) is 0 Å². The summed E-state index contributed by atoms with van der Waals surface area (Å²) in [4.78, 5) is 12.1. The third-order valence-corrected chi connectivity index (χ3v) is 5.03. The van der Waals surface area contributed by atoms with E-state index in [0.29, 0.717) is 11.4 Å². The number of hydrogen-bond donors (Lipinski definition) is 1. The van der Waals surface area contributed by atoms with Crippen molar-refractivity contribution in [2.45, 2.75) is 41.0 Å². The van der Waals surface area contributed by atoms with Crippen molar-refractivity contribution in [1.29, 1.82) is 5.26 Å². The number of hydrogen-bond acceptors (Lipinski definition) is 4. The van der Waals surface area contributed by atoms with E-state index in [-0.39, 0.29) is 12.3 Å². The van der Waals surface area contributed by atoms with Crippen molar-refractivity contribution in [2.24, 2.45) is 5.10 Å². The van der Waals surface area contributed by atoms with Crippen LogP contribution in [0.3, 0.4) is 0 Å². The molecule has 0 radical (unpaired) electrons. The molecule has 1 N–H and O–H groups in total. The van der Waals surface area contributed by atoms with Crippen LogP contribution < -0.4 is 5.43 Å².